The van der Waals surface area contributed by atoms with Crippen LogP contribution >= 0.6 is 39.0 Å². The van der Waals surface area contributed by atoms with Gasteiger partial charge in [0.15, 0.2) is 0 Å². The van der Waals surface area contributed by atoms with Gasteiger partial charge in [-0.05, 0) is 61.0 Å². The number of nitrogens with zero attached hydrogens (tertiary/aromatic N) is 2. The van der Waals surface area contributed by atoms with E-state index < -0.39 is 17.1 Å². The Kier molecular flexibility index (Phi) is 7.35. The highest BCUT2D eigenvalue weighted by Crippen LogP contribution is 2.54. The van der Waals surface area contributed by atoms with E-state index in [9.17, 15) is 19.2 Å². The summed E-state index contributed by atoms with van der Waals surface area (Å²) in [4.78, 5) is 55.7. The molecule has 1 aromatic heterocycles. The summed E-state index contributed by atoms with van der Waals surface area (Å²) in [5.74, 6) is -1.67. The van der Waals surface area contributed by atoms with E-state index in [2.05, 4.69) is 21.2 Å². The SMILES string of the molecule is COc1ccc(N2C(=O)C3Sc4c(sc(=O)n4CC(=O)Nc4ccc(C)cc4)C(c4cccc(Br)c4)C3C2=O)cc1. The van der Waals surface area contributed by atoms with E-state index in [0.717, 1.165) is 26.9 Å². The molecule has 0 bridgehead atoms. The minimum absolute atomic E-state index is 0.210. The van der Waals surface area contributed by atoms with Crippen LogP contribution in [-0.4, -0.2) is 34.6 Å². The molecule has 2 aliphatic heterocycles. The third-order valence-corrected chi connectivity index (χ3v) is 10.3. The second kappa shape index (κ2) is 11.0. The van der Waals surface area contributed by atoms with Crippen molar-refractivity contribution in [1.82, 2.24) is 4.57 Å². The number of nitrogens with one attached hydrogen (secondary N) is 1. The third kappa shape index (κ3) is 5.02. The van der Waals surface area contributed by atoms with Crippen LogP contribution in [0.15, 0.2) is 87.1 Å². The number of amides is 3. The molecule has 8 nitrogen and oxygen atoms in total. The van der Waals surface area contributed by atoms with Gasteiger partial charge in [-0.15, -0.1) is 0 Å². The second-order valence-corrected chi connectivity index (χ2v) is 12.9. The number of aromatic nitrogens is 1. The highest BCUT2D eigenvalue weighted by molar-refractivity contribution is 9.10. The van der Waals surface area contributed by atoms with Crippen LogP contribution in [0.25, 0.3) is 0 Å². The standard InChI is InChI=1S/C30H24BrN3O5S2/c1-16-6-8-19(9-7-16)32-22(35)15-33-29-26(41-30(33)38)23(17-4-3-5-18(31)14-17)24-25(40-29)28(37)34(27(24)36)20-10-12-21(39-2)13-11-20/h3-14,23-25H,15H2,1-2H3,(H,32,35). The van der Waals surface area contributed by atoms with Gasteiger partial charge in [0, 0.05) is 21.0 Å². The minimum Gasteiger partial charge on any atom is -0.497 e. The van der Waals surface area contributed by atoms with Gasteiger partial charge in [-0.2, -0.15) is 0 Å². The average molecular weight is 651 g/mol. The monoisotopic (exact) mass is 649 g/mol. The van der Waals surface area contributed by atoms with E-state index in [0.29, 0.717) is 27.0 Å². The maximum Gasteiger partial charge on any atom is 0.308 e. The molecule has 3 heterocycles. The van der Waals surface area contributed by atoms with Crippen molar-refractivity contribution >= 4 is 68.1 Å². The van der Waals surface area contributed by atoms with Gasteiger partial charge < -0.3 is 10.1 Å². The van der Waals surface area contributed by atoms with Gasteiger partial charge in [-0.3, -0.25) is 23.7 Å². The number of hydrogen-bond donors (Lipinski definition) is 1. The molecule has 6 rings (SSSR count). The van der Waals surface area contributed by atoms with Crippen LogP contribution in [-0.2, 0) is 20.9 Å². The van der Waals surface area contributed by atoms with Crippen LogP contribution in [0.5, 0.6) is 5.75 Å². The number of rotatable bonds is 6. The van der Waals surface area contributed by atoms with Crippen LogP contribution in [0.4, 0.5) is 11.4 Å². The van der Waals surface area contributed by atoms with Gasteiger partial charge in [0.1, 0.15) is 17.5 Å². The molecule has 3 unspecified atom stereocenters. The van der Waals surface area contributed by atoms with Crippen molar-refractivity contribution in [3.8, 4) is 5.75 Å². The number of carbonyl (C=O) groups excluding carboxylic acids is 3. The number of thioether (sulfide) groups is 1. The Hall–Kier alpha value is -3.67. The quantitative estimate of drug-likeness (QED) is 0.280. The van der Waals surface area contributed by atoms with E-state index in [1.165, 1.54) is 21.2 Å². The average Bonchev–Trinajstić information content (AvgIpc) is 3.40. The first kappa shape index (κ1) is 27.5. The molecular weight excluding hydrogens is 626 g/mol. The van der Waals surface area contributed by atoms with Crippen LogP contribution < -0.4 is 19.8 Å². The Labute approximate surface area is 252 Å². The summed E-state index contributed by atoms with van der Waals surface area (Å²) >= 11 is 5.74. The maximum atomic E-state index is 14.0. The zero-order valence-electron chi connectivity index (χ0n) is 22.0. The van der Waals surface area contributed by atoms with Gasteiger partial charge in [-0.25, -0.2) is 4.90 Å². The number of carbonyl (C=O) groups is 3. The number of benzene rings is 3. The zero-order valence-corrected chi connectivity index (χ0v) is 25.2. The zero-order chi connectivity index (χ0) is 28.8. The summed E-state index contributed by atoms with van der Waals surface area (Å²) in [5, 5.41) is 2.62. The summed E-state index contributed by atoms with van der Waals surface area (Å²) in [6, 6.07) is 21.7. The number of aryl methyl sites for hydroxylation is 1. The number of thiazole rings is 1. The highest BCUT2D eigenvalue weighted by atomic mass is 79.9. The summed E-state index contributed by atoms with van der Waals surface area (Å²) in [7, 11) is 1.55. The number of hydrogen-bond acceptors (Lipinski definition) is 7. The second-order valence-electron chi connectivity index (χ2n) is 9.84. The molecule has 0 saturated carbocycles. The lowest BCUT2D eigenvalue weighted by Gasteiger charge is -2.30. The highest BCUT2D eigenvalue weighted by Gasteiger charge is 2.56. The first-order valence-electron chi connectivity index (χ1n) is 12.8. The number of imide groups is 1. The maximum absolute atomic E-state index is 14.0. The molecule has 208 valence electrons. The van der Waals surface area contributed by atoms with E-state index in [-0.39, 0.29) is 29.1 Å². The van der Waals surface area contributed by atoms with Crippen LogP contribution in [0, 0.1) is 12.8 Å². The van der Waals surface area contributed by atoms with Crippen LogP contribution in [0.1, 0.15) is 21.9 Å². The molecule has 1 saturated heterocycles. The lowest BCUT2D eigenvalue weighted by molar-refractivity contribution is -0.122. The fraction of sp³-hybridized carbons (Fsp3) is 0.200. The molecule has 2 aliphatic rings. The number of anilines is 2. The van der Waals surface area contributed by atoms with Crippen molar-refractivity contribution in [1.29, 1.82) is 0 Å². The Morgan fingerprint density at radius 3 is 2.41 bits per heavy atom. The van der Waals surface area contributed by atoms with Gasteiger partial charge in [-0.1, -0.05) is 68.9 Å². The van der Waals surface area contributed by atoms with Crippen LogP contribution in [0.3, 0.4) is 0 Å². The molecule has 0 aliphatic carbocycles. The topological polar surface area (TPSA) is 97.7 Å². The molecule has 1 N–H and O–H groups in total. The van der Waals surface area contributed by atoms with Gasteiger partial charge >= 0.3 is 4.87 Å². The first-order valence-corrected chi connectivity index (χ1v) is 15.3. The van der Waals surface area contributed by atoms with Crippen molar-refractivity contribution in [2.75, 3.05) is 17.3 Å². The lowest BCUT2D eigenvalue weighted by Crippen LogP contribution is -2.33. The van der Waals surface area contributed by atoms with E-state index in [1.54, 1.807) is 43.5 Å². The van der Waals surface area contributed by atoms with E-state index in [4.69, 9.17) is 4.74 Å². The smallest absolute Gasteiger partial charge is 0.308 e. The molecular formula is C30H24BrN3O5S2. The molecule has 3 amide bonds. The molecule has 0 radical (unpaired) electrons. The molecule has 4 aromatic rings. The first-order chi connectivity index (χ1) is 19.7. The van der Waals surface area contributed by atoms with Crippen LogP contribution in [0.2, 0.25) is 0 Å². The fourth-order valence-electron chi connectivity index (χ4n) is 5.28. The molecule has 1 fully saturated rings. The predicted octanol–water partition coefficient (Wildman–Crippen LogP) is 5.42. The summed E-state index contributed by atoms with van der Waals surface area (Å²) in [6.45, 7) is 1.75. The Morgan fingerprint density at radius 2 is 1.73 bits per heavy atom. The lowest BCUT2D eigenvalue weighted by atomic mass is 9.83. The molecule has 3 aromatic carbocycles. The molecule has 41 heavy (non-hydrogen) atoms. The van der Waals surface area contributed by atoms with Gasteiger partial charge in [0.05, 0.1) is 23.7 Å². The molecule has 11 heteroatoms. The number of methoxy groups -OCH3 is 1. The fourth-order valence-corrected chi connectivity index (χ4v) is 8.47. The predicted molar refractivity (Wildman–Crippen MR) is 163 cm³/mol. The Balaban J connectivity index is 1.40. The van der Waals surface area contributed by atoms with E-state index >= 15 is 0 Å². The number of fused-ring (bicyclic) bond motifs is 2. The van der Waals surface area contributed by atoms with Crippen molar-refractivity contribution in [2.45, 2.75) is 29.7 Å². The molecule has 3 atom stereocenters. The Morgan fingerprint density at radius 1 is 1.00 bits per heavy atom. The molecule has 0 spiro atoms. The van der Waals surface area contributed by atoms with Crippen molar-refractivity contribution in [2.24, 2.45) is 5.92 Å². The van der Waals surface area contributed by atoms with Gasteiger partial charge in [0.25, 0.3) is 0 Å². The number of halogens is 1. The normalized spacial score (nSPS) is 19.6. The van der Waals surface area contributed by atoms with Crippen molar-refractivity contribution in [3.63, 3.8) is 0 Å². The minimum atomic E-state index is -0.763. The summed E-state index contributed by atoms with van der Waals surface area (Å²) in [6.07, 6.45) is 0. The number of ether oxygens (including phenoxy) is 1. The third-order valence-electron chi connectivity index (χ3n) is 7.22. The summed E-state index contributed by atoms with van der Waals surface area (Å²) in [5.41, 5.74) is 2.97. The van der Waals surface area contributed by atoms with E-state index in [1.807, 2.05) is 43.3 Å². The van der Waals surface area contributed by atoms with Crippen molar-refractivity contribution in [3.05, 3.63) is 103 Å². The largest absolute Gasteiger partial charge is 0.497 e. The van der Waals surface area contributed by atoms with Gasteiger partial charge in [0.2, 0.25) is 17.7 Å². The summed E-state index contributed by atoms with van der Waals surface area (Å²) < 4.78 is 7.47. The Bertz CT molecular complexity index is 1730. The van der Waals surface area contributed by atoms with Crippen molar-refractivity contribution < 1.29 is 19.1 Å².